The molecule has 1 aromatic carbocycles. The fourth-order valence-corrected chi connectivity index (χ4v) is 3.05. The highest BCUT2D eigenvalue weighted by Crippen LogP contribution is 2.19. The van der Waals surface area contributed by atoms with Crippen LogP contribution in [0.4, 0.5) is 4.39 Å². The van der Waals surface area contributed by atoms with Gasteiger partial charge in [0.25, 0.3) is 0 Å². The summed E-state index contributed by atoms with van der Waals surface area (Å²) in [7, 11) is -4.00. The van der Waals surface area contributed by atoms with Gasteiger partial charge >= 0.3 is 0 Å². The molecule has 0 radical (unpaired) electrons. The van der Waals surface area contributed by atoms with E-state index in [1.54, 1.807) is 0 Å². The van der Waals surface area contributed by atoms with E-state index < -0.39 is 26.8 Å². The van der Waals surface area contributed by atoms with Gasteiger partial charge in [0.05, 0.1) is 0 Å². The van der Waals surface area contributed by atoms with Crippen molar-refractivity contribution in [2.45, 2.75) is 24.3 Å². The Hall–Kier alpha value is -1.19. The second kappa shape index (κ2) is 6.31. The fourth-order valence-electron chi connectivity index (χ4n) is 1.42. The smallest absolute Gasteiger partial charge is 0.243 e. The maximum atomic E-state index is 13.6. The molecule has 0 aliphatic rings. The van der Waals surface area contributed by atoms with E-state index in [1.807, 2.05) is 0 Å². The Balaban J connectivity index is 2.92. The molecule has 19 heavy (non-hydrogen) atoms. The molecule has 0 bridgehead atoms. The van der Waals surface area contributed by atoms with Crippen LogP contribution in [0.2, 0.25) is 0 Å². The van der Waals surface area contributed by atoms with Crippen molar-refractivity contribution in [1.82, 2.24) is 4.72 Å². The summed E-state index contributed by atoms with van der Waals surface area (Å²) in [6.45, 7) is 1.52. The topological polar surface area (TPSA) is 105 Å². The molecule has 0 saturated heterocycles. The third-order valence-corrected chi connectivity index (χ3v) is 4.30. The van der Waals surface area contributed by atoms with Gasteiger partial charge in [-0.25, -0.2) is 17.5 Å². The van der Waals surface area contributed by atoms with Crippen LogP contribution in [0.25, 0.3) is 0 Å². The van der Waals surface area contributed by atoms with Crippen LogP contribution in [-0.4, -0.2) is 25.5 Å². The quantitative estimate of drug-likeness (QED) is 0.322. The van der Waals surface area contributed by atoms with Crippen LogP contribution in [0.1, 0.15) is 13.3 Å². The summed E-state index contributed by atoms with van der Waals surface area (Å²) in [6, 6.07) is 3.00. The highest BCUT2D eigenvalue weighted by Gasteiger charge is 2.21. The first-order valence-corrected chi connectivity index (χ1v) is 7.47. The Morgan fingerprint density at radius 1 is 1.63 bits per heavy atom. The number of amidine groups is 1. The molecule has 6 nitrogen and oxygen atoms in total. The minimum absolute atomic E-state index is 0.00781. The molecule has 0 aliphatic carbocycles. The third kappa shape index (κ3) is 4.44. The maximum absolute atomic E-state index is 13.6. The highest BCUT2D eigenvalue weighted by molar-refractivity contribution is 9.10. The molecule has 106 valence electrons. The van der Waals surface area contributed by atoms with Crippen LogP contribution >= 0.6 is 15.9 Å². The standard InChI is InChI=1S/C10H13BrFN3O3S/c1-6(4-10(13)14-16)15-19(17,18)9-3-2-7(11)5-8(9)12/h2-3,5-6,15-16H,4H2,1H3,(H2,13,14). The van der Waals surface area contributed by atoms with Crippen molar-refractivity contribution < 1.29 is 18.0 Å². The van der Waals surface area contributed by atoms with Crippen molar-refractivity contribution in [1.29, 1.82) is 0 Å². The van der Waals surface area contributed by atoms with Crippen molar-refractivity contribution in [3.05, 3.63) is 28.5 Å². The lowest BCUT2D eigenvalue weighted by Crippen LogP contribution is -2.36. The number of hydrogen-bond donors (Lipinski definition) is 3. The van der Waals surface area contributed by atoms with Gasteiger partial charge in [0.15, 0.2) is 0 Å². The van der Waals surface area contributed by atoms with E-state index in [9.17, 15) is 12.8 Å². The van der Waals surface area contributed by atoms with Crippen molar-refractivity contribution in [3.8, 4) is 0 Å². The van der Waals surface area contributed by atoms with Gasteiger partial charge < -0.3 is 10.9 Å². The molecule has 0 aromatic heterocycles. The van der Waals surface area contributed by atoms with Crippen molar-refractivity contribution in [2.24, 2.45) is 10.9 Å². The number of benzene rings is 1. The molecule has 1 atom stereocenters. The molecule has 1 unspecified atom stereocenters. The summed E-state index contributed by atoms with van der Waals surface area (Å²) in [5.41, 5.74) is 5.27. The number of nitrogens with one attached hydrogen (secondary N) is 1. The monoisotopic (exact) mass is 353 g/mol. The minimum atomic E-state index is -4.00. The number of oxime groups is 1. The van der Waals surface area contributed by atoms with E-state index in [2.05, 4.69) is 25.8 Å². The van der Waals surface area contributed by atoms with Gasteiger partial charge in [-0.1, -0.05) is 21.1 Å². The van der Waals surface area contributed by atoms with Crippen LogP contribution in [0, 0.1) is 5.82 Å². The van der Waals surface area contributed by atoms with Gasteiger partial charge in [0.2, 0.25) is 10.0 Å². The molecule has 1 aromatic rings. The Kier molecular flexibility index (Phi) is 5.27. The first kappa shape index (κ1) is 15.9. The Morgan fingerprint density at radius 2 is 2.26 bits per heavy atom. The summed E-state index contributed by atoms with van der Waals surface area (Å²) in [5, 5.41) is 11.1. The van der Waals surface area contributed by atoms with E-state index in [4.69, 9.17) is 10.9 Å². The van der Waals surface area contributed by atoms with Crippen molar-refractivity contribution in [3.63, 3.8) is 0 Å². The number of nitrogens with two attached hydrogens (primary N) is 1. The van der Waals surface area contributed by atoms with E-state index in [0.717, 1.165) is 12.1 Å². The van der Waals surface area contributed by atoms with Gasteiger partial charge in [-0.3, -0.25) is 0 Å². The normalized spacial score (nSPS) is 14.4. The molecule has 0 heterocycles. The van der Waals surface area contributed by atoms with Gasteiger partial charge in [-0.15, -0.1) is 0 Å². The SMILES string of the molecule is CC(C/C(N)=N/O)NS(=O)(=O)c1ccc(Br)cc1F. The summed E-state index contributed by atoms with van der Waals surface area (Å²) >= 11 is 3.04. The minimum Gasteiger partial charge on any atom is -0.409 e. The molecule has 0 fully saturated rings. The second-order valence-corrected chi connectivity index (χ2v) is 6.49. The van der Waals surface area contributed by atoms with Gasteiger partial charge in [0, 0.05) is 16.9 Å². The number of sulfonamides is 1. The molecular weight excluding hydrogens is 341 g/mol. The molecule has 0 saturated carbocycles. The molecule has 9 heteroatoms. The molecule has 4 N–H and O–H groups in total. The van der Waals surface area contributed by atoms with Crippen LogP contribution < -0.4 is 10.5 Å². The average Bonchev–Trinajstić information content (AvgIpc) is 2.26. The summed E-state index contributed by atoms with van der Waals surface area (Å²) in [5.74, 6) is -0.982. The lowest BCUT2D eigenvalue weighted by atomic mass is 10.2. The Morgan fingerprint density at radius 3 is 2.79 bits per heavy atom. The molecule has 1 rings (SSSR count). The largest absolute Gasteiger partial charge is 0.409 e. The fraction of sp³-hybridized carbons (Fsp3) is 0.300. The van der Waals surface area contributed by atoms with Gasteiger partial charge in [0.1, 0.15) is 16.5 Å². The number of nitrogens with zero attached hydrogens (tertiary/aromatic N) is 1. The number of rotatable bonds is 5. The van der Waals surface area contributed by atoms with E-state index >= 15 is 0 Å². The second-order valence-electron chi connectivity index (χ2n) is 3.89. The van der Waals surface area contributed by atoms with Crippen molar-refractivity contribution >= 4 is 31.8 Å². The Bertz CT molecular complexity index is 592. The van der Waals surface area contributed by atoms with Gasteiger partial charge in [-0.2, -0.15) is 0 Å². The van der Waals surface area contributed by atoms with Crippen LogP contribution in [0.15, 0.2) is 32.7 Å². The van der Waals surface area contributed by atoms with Gasteiger partial charge in [-0.05, 0) is 25.1 Å². The zero-order valence-corrected chi connectivity index (χ0v) is 12.4. The molecule has 0 aliphatic heterocycles. The number of halogens is 2. The third-order valence-electron chi connectivity index (χ3n) is 2.18. The number of hydrogen-bond acceptors (Lipinski definition) is 4. The first-order chi connectivity index (χ1) is 8.76. The van der Waals surface area contributed by atoms with E-state index in [1.165, 1.54) is 13.0 Å². The van der Waals surface area contributed by atoms with E-state index in [-0.39, 0.29) is 12.3 Å². The average molecular weight is 354 g/mol. The zero-order chi connectivity index (χ0) is 14.6. The molecular formula is C10H13BrFN3O3S. The molecule has 0 amide bonds. The summed E-state index contributed by atoms with van der Waals surface area (Å²) in [4.78, 5) is -0.456. The lowest BCUT2D eigenvalue weighted by Gasteiger charge is -2.13. The van der Waals surface area contributed by atoms with E-state index in [0.29, 0.717) is 4.47 Å². The zero-order valence-electron chi connectivity index (χ0n) is 9.97. The highest BCUT2D eigenvalue weighted by atomic mass is 79.9. The lowest BCUT2D eigenvalue weighted by molar-refractivity contribution is 0.316. The predicted octanol–water partition coefficient (Wildman–Crippen LogP) is 1.39. The van der Waals surface area contributed by atoms with Crippen LogP contribution in [0.3, 0.4) is 0 Å². The van der Waals surface area contributed by atoms with Crippen molar-refractivity contribution in [2.75, 3.05) is 0 Å². The molecule has 0 spiro atoms. The first-order valence-electron chi connectivity index (χ1n) is 5.20. The van der Waals surface area contributed by atoms with Crippen LogP contribution in [-0.2, 0) is 10.0 Å². The maximum Gasteiger partial charge on any atom is 0.243 e. The van der Waals surface area contributed by atoms with Crippen LogP contribution in [0.5, 0.6) is 0 Å². The Labute approximate surface area is 118 Å². The predicted molar refractivity (Wildman–Crippen MR) is 71.9 cm³/mol. The summed E-state index contributed by atoms with van der Waals surface area (Å²) in [6.07, 6.45) is 0.00781. The summed E-state index contributed by atoms with van der Waals surface area (Å²) < 4.78 is 40.1.